The van der Waals surface area contributed by atoms with Crippen molar-refractivity contribution in [2.75, 3.05) is 18.5 Å². The lowest BCUT2D eigenvalue weighted by Gasteiger charge is -2.22. The van der Waals surface area contributed by atoms with E-state index in [2.05, 4.69) is 25.4 Å². The van der Waals surface area contributed by atoms with Gasteiger partial charge in [-0.25, -0.2) is 19.5 Å². The van der Waals surface area contributed by atoms with E-state index in [1.807, 2.05) is 46.0 Å². The molecule has 0 unspecified atom stereocenters. The average molecular weight is 335 g/mol. The molecule has 0 radical (unpaired) electrons. The molecule has 0 bridgehead atoms. The smallest absolute Gasteiger partial charge is 0.241 e. The van der Waals surface area contributed by atoms with Gasteiger partial charge in [0.25, 0.3) is 0 Å². The van der Waals surface area contributed by atoms with Gasteiger partial charge in [0.15, 0.2) is 0 Å². The lowest BCUT2D eigenvalue weighted by molar-refractivity contribution is 0.0903. The lowest BCUT2D eigenvalue weighted by atomic mass is 10.1. The molecule has 0 aliphatic carbocycles. The second kappa shape index (κ2) is 5.82. The van der Waals surface area contributed by atoms with Crippen molar-refractivity contribution >= 4 is 17.2 Å². The van der Waals surface area contributed by atoms with E-state index >= 15 is 0 Å². The first-order chi connectivity index (χ1) is 12.4. The number of aromatic nitrogens is 6. The summed E-state index contributed by atoms with van der Waals surface area (Å²) >= 11 is 0. The van der Waals surface area contributed by atoms with Crippen molar-refractivity contribution in [1.29, 1.82) is 0 Å². The number of imidazole rings is 1. The monoisotopic (exact) mass is 335 g/mol. The van der Waals surface area contributed by atoms with Crippen LogP contribution in [0.1, 0.15) is 12.8 Å². The van der Waals surface area contributed by atoms with Gasteiger partial charge >= 0.3 is 0 Å². The maximum absolute atomic E-state index is 5.39. The normalized spacial score (nSPS) is 15.8. The highest BCUT2D eigenvalue weighted by Gasteiger charge is 2.15. The van der Waals surface area contributed by atoms with Crippen LogP contribution in [-0.2, 0) is 4.74 Å². The van der Waals surface area contributed by atoms with Crippen LogP contribution < -0.4 is 5.32 Å². The fourth-order valence-corrected chi connectivity index (χ4v) is 3.19. The maximum atomic E-state index is 5.39. The first-order valence-electron chi connectivity index (χ1n) is 8.34. The molecule has 4 aromatic heterocycles. The molecule has 1 N–H and O–H groups in total. The Hall–Kier alpha value is -3.00. The lowest BCUT2D eigenvalue weighted by Crippen LogP contribution is -2.28. The molecule has 25 heavy (non-hydrogen) atoms. The van der Waals surface area contributed by atoms with Crippen molar-refractivity contribution < 1.29 is 4.74 Å². The molecule has 8 nitrogen and oxygen atoms in total. The largest absolute Gasteiger partial charge is 0.381 e. The highest BCUT2D eigenvalue weighted by Crippen LogP contribution is 2.25. The Labute approximate surface area is 143 Å². The third kappa shape index (κ3) is 2.60. The predicted molar refractivity (Wildman–Crippen MR) is 92.4 cm³/mol. The quantitative estimate of drug-likeness (QED) is 0.617. The van der Waals surface area contributed by atoms with Gasteiger partial charge in [-0.3, -0.25) is 4.40 Å². The summed E-state index contributed by atoms with van der Waals surface area (Å²) in [4.78, 5) is 13.0. The summed E-state index contributed by atoms with van der Waals surface area (Å²) in [6.45, 7) is 1.58. The summed E-state index contributed by atoms with van der Waals surface area (Å²) in [6, 6.07) is 2.40. The first-order valence-corrected chi connectivity index (χ1v) is 8.34. The van der Waals surface area contributed by atoms with Crippen molar-refractivity contribution in [3.8, 4) is 11.1 Å². The fraction of sp³-hybridized carbons (Fsp3) is 0.294. The molecule has 1 fully saturated rings. The molecule has 0 saturated carbocycles. The van der Waals surface area contributed by atoms with E-state index in [4.69, 9.17) is 4.74 Å². The van der Waals surface area contributed by atoms with Crippen molar-refractivity contribution in [2.45, 2.75) is 18.9 Å². The number of nitrogens with one attached hydrogen (secondary N) is 1. The van der Waals surface area contributed by atoms with Crippen LogP contribution in [0.25, 0.3) is 22.4 Å². The Balaban J connectivity index is 1.48. The van der Waals surface area contributed by atoms with Crippen LogP contribution in [0.3, 0.4) is 0 Å². The molecule has 0 amide bonds. The van der Waals surface area contributed by atoms with Crippen molar-refractivity contribution in [3.05, 3.63) is 43.2 Å². The molecule has 0 aromatic carbocycles. The second-order valence-electron chi connectivity index (χ2n) is 6.15. The van der Waals surface area contributed by atoms with Crippen LogP contribution in [0.4, 0.5) is 5.95 Å². The Bertz CT molecular complexity index is 1030. The van der Waals surface area contributed by atoms with Crippen molar-refractivity contribution in [2.24, 2.45) is 0 Å². The number of hydrogen-bond donors (Lipinski definition) is 1. The van der Waals surface area contributed by atoms with Gasteiger partial charge in [0.05, 0.1) is 11.7 Å². The molecular formula is C17H17N7O. The standard InChI is InChI=1S/C17H17N7O/c1-5-24-15(10-19-16(22-24)21-13-2-7-25-8-3-13)14(1)12-9-20-17-18-4-6-23(17)11-12/h1,4-6,9-11,13H,2-3,7-8H2,(H,21,22). The fourth-order valence-electron chi connectivity index (χ4n) is 3.19. The van der Waals surface area contributed by atoms with E-state index in [0.29, 0.717) is 17.8 Å². The topological polar surface area (TPSA) is 81.6 Å². The number of rotatable bonds is 3. The molecule has 0 atom stereocenters. The molecule has 126 valence electrons. The Morgan fingerprint density at radius 3 is 2.92 bits per heavy atom. The van der Waals surface area contributed by atoms with Crippen molar-refractivity contribution in [3.63, 3.8) is 0 Å². The molecule has 1 aliphatic heterocycles. The summed E-state index contributed by atoms with van der Waals surface area (Å²) in [5.74, 6) is 1.33. The molecule has 5 heterocycles. The Morgan fingerprint density at radius 2 is 2.00 bits per heavy atom. The molecular weight excluding hydrogens is 318 g/mol. The van der Waals surface area contributed by atoms with Gasteiger partial charge in [-0.05, 0) is 18.9 Å². The van der Waals surface area contributed by atoms with Gasteiger partial charge < -0.3 is 10.1 Å². The van der Waals surface area contributed by atoms with Gasteiger partial charge in [0, 0.05) is 61.4 Å². The minimum Gasteiger partial charge on any atom is -0.381 e. The molecule has 8 heteroatoms. The zero-order valence-corrected chi connectivity index (χ0v) is 13.5. The highest BCUT2D eigenvalue weighted by molar-refractivity contribution is 5.79. The number of hydrogen-bond acceptors (Lipinski definition) is 6. The first kappa shape index (κ1) is 14.4. The summed E-state index contributed by atoms with van der Waals surface area (Å²) in [7, 11) is 0. The zero-order chi connectivity index (χ0) is 16.6. The summed E-state index contributed by atoms with van der Waals surface area (Å²) in [6.07, 6.45) is 13.2. The molecule has 5 rings (SSSR count). The number of fused-ring (bicyclic) bond motifs is 2. The summed E-state index contributed by atoms with van der Waals surface area (Å²) in [5, 5.41) is 7.98. The van der Waals surface area contributed by atoms with Crippen LogP contribution in [0.2, 0.25) is 0 Å². The third-order valence-electron chi connectivity index (χ3n) is 4.53. The third-order valence-corrected chi connectivity index (χ3v) is 4.53. The Kier molecular flexibility index (Phi) is 3.34. The zero-order valence-electron chi connectivity index (χ0n) is 13.5. The van der Waals surface area contributed by atoms with Gasteiger partial charge in [-0.15, -0.1) is 5.10 Å². The summed E-state index contributed by atoms with van der Waals surface area (Å²) in [5.41, 5.74) is 2.99. The minimum absolute atomic E-state index is 0.370. The van der Waals surface area contributed by atoms with E-state index in [0.717, 1.165) is 42.7 Å². The minimum atomic E-state index is 0.370. The molecule has 0 spiro atoms. The highest BCUT2D eigenvalue weighted by atomic mass is 16.5. The van der Waals surface area contributed by atoms with Crippen LogP contribution >= 0.6 is 0 Å². The van der Waals surface area contributed by atoms with Gasteiger partial charge in [-0.1, -0.05) is 0 Å². The van der Waals surface area contributed by atoms with E-state index in [-0.39, 0.29) is 0 Å². The SMILES string of the molecule is c1cn2cc(-c3ccn4nc(NC5CCOCC5)ncc34)cnc2n1. The van der Waals surface area contributed by atoms with Gasteiger partial charge in [-0.2, -0.15) is 0 Å². The van der Waals surface area contributed by atoms with Gasteiger partial charge in [0.2, 0.25) is 11.7 Å². The Morgan fingerprint density at radius 1 is 1.08 bits per heavy atom. The average Bonchev–Trinajstić information content (AvgIpc) is 3.28. The van der Waals surface area contributed by atoms with Crippen molar-refractivity contribution in [1.82, 2.24) is 29.0 Å². The number of ether oxygens (including phenoxy) is 1. The molecule has 1 saturated heterocycles. The van der Waals surface area contributed by atoms with Crippen LogP contribution in [0.15, 0.2) is 43.2 Å². The number of anilines is 1. The molecule has 1 aliphatic rings. The molecule has 4 aromatic rings. The van der Waals surface area contributed by atoms with Crippen LogP contribution in [-0.4, -0.2) is 48.2 Å². The van der Waals surface area contributed by atoms with E-state index in [9.17, 15) is 0 Å². The predicted octanol–water partition coefficient (Wildman–Crippen LogP) is 2.03. The maximum Gasteiger partial charge on any atom is 0.241 e. The van der Waals surface area contributed by atoms with Crippen LogP contribution in [0, 0.1) is 0 Å². The van der Waals surface area contributed by atoms with E-state index in [1.54, 1.807) is 6.20 Å². The summed E-state index contributed by atoms with van der Waals surface area (Å²) < 4.78 is 9.14. The number of nitrogens with zero attached hydrogens (tertiary/aromatic N) is 6. The second-order valence-corrected chi connectivity index (χ2v) is 6.15. The van der Waals surface area contributed by atoms with E-state index < -0.39 is 0 Å². The van der Waals surface area contributed by atoms with E-state index in [1.165, 1.54) is 0 Å². The van der Waals surface area contributed by atoms with Gasteiger partial charge in [0.1, 0.15) is 0 Å². The van der Waals surface area contributed by atoms with Crippen LogP contribution in [0.5, 0.6) is 0 Å².